The Bertz CT molecular complexity index is 551. The van der Waals surface area contributed by atoms with Gasteiger partial charge in [0.25, 0.3) is 0 Å². The summed E-state index contributed by atoms with van der Waals surface area (Å²) in [6.45, 7) is 0. The molecule has 0 spiro atoms. The number of nitrogens with one attached hydrogen (secondary N) is 1. The van der Waals surface area contributed by atoms with Gasteiger partial charge in [-0.3, -0.25) is 9.89 Å². The van der Waals surface area contributed by atoms with E-state index in [1.165, 1.54) is 12.3 Å². The molecule has 0 unspecified atom stereocenters. The molecular formula is C10H7Cl2N3O. The van der Waals surface area contributed by atoms with Gasteiger partial charge in [0.05, 0.1) is 21.8 Å². The van der Waals surface area contributed by atoms with E-state index in [4.69, 9.17) is 28.9 Å². The molecular weight excluding hydrogens is 249 g/mol. The molecule has 0 aliphatic heterocycles. The summed E-state index contributed by atoms with van der Waals surface area (Å²) >= 11 is 11.6. The van der Waals surface area contributed by atoms with Gasteiger partial charge in [-0.25, -0.2) is 0 Å². The third kappa shape index (κ3) is 1.89. The number of carbonyl (C=O) groups is 1. The number of halogens is 2. The average Bonchev–Trinajstić information content (AvgIpc) is 2.67. The molecule has 3 N–H and O–H groups in total. The van der Waals surface area contributed by atoms with Crippen molar-refractivity contribution < 1.29 is 4.79 Å². The molecule has 0 saturated heterocycles. The fourth-order valence-electron chi connectivity index (χ4n) is 1.27. The molecule has 0 saturated carbocycles. The van der Waals surface area contributed by atoms with Crippen molar-refractivity contribution >= 4 is 34.8 Å². The van der Waals surface area contributed by atoms with Crippen molar-refractivity contribution in [3.05, 3.63) is 45.6 Å². The molecule has 0 atom stereocenters. The Labute approximate surface area is 101 Å². The summed E-state index contributed by atoms with van der Waals surface area (Å²) in [5, 5.41) is 6.90. The zero-order valence-corrected chi connectivity index (χ0v) is 9.51. The van der Waals surface area contributed by atoms with Gasteiger partial charge in [0.15, 0.2) is 5.78 Å². The lowest BCUT2D eigenvalue weighted by atomic mass is 10.1. The topological polar surface area (TPSA) is 71.8 Å². The van der Waals surface area contributed by atoms with Crippen LogP contribution in [-0.4, -0.2) is 16.0 Å². The van der Waals surface area contributed by atoms with Crippen molar-refractivity contribution in [2.75, 3.05) is 5.73 Å². The maximum atomic E-state index is 12.0. The predicted octanol–water partition coefficient (Wildman–Crippen LogP) is 2.53. The van der Waals surface area contributed by atoms with Gasteiger partial charge in [0.1, 0.15) is 5.82 Å². The molecule has 4 nitrogen and oxygen atoms in total. The van der Waals surface area contributed by atoms with E-state index in [1.54, 1.807) is 12.1 Å². The normalized spacial score (nSPS) is 10.4. The predicted molar refractivity (Wildman–Crippen MR) is 62.9 cm³/mol. The molecule has 6 heteroatoms. The van der Waals surface area contributed by atoms with Crippen molar-refractivity contribution in [3.8, 4) is 0 Å². The van der Waals surface area contributed by atoms with E-state index in [2.05, 4.69) is 10.2 Å². The summed E-state index contributed by atoms with van der Waals surface area (Å²) in [4.78, 5) is 12.0. The zero-order chi connectivity index (χ0) is 11.7. The Kier molecular flexibility index (Phi) is 2.85. The average molecular weight is 256 g/mol. The van der Waals surface area contributed by atoms with Gasteiger partial charge in [-0.15, -0.1) is 0 Å². The van der Waals surface area contributed by atoms with Gasteiger partial charge in [0, 0.05) is 5.56 Å². The highest BCUT2D eigenvalue weighted by Crippen LogP contribution is 2.24. The second-order valence-corrected chi connectivity index (χ2v) is 3.97. The molecule has 0 bridgehead atoms. The first-order valence-electron chi connectivity index (χ1n) is 4.38. The van der Waals surface area contributed by atoms with Gasteiger partial charge in [-0.1, -0.05) is 23.2 Å². The fourth-order valence-corrected chi connectivity index (χ4v) is 1.57. The van der Waals surface area contributed by atoms with Gasteiger partial charge in [0.2, 0.25) is 0 Å². The summed E-state index contributed by atoms with van der Waals surface area (Å²) in [5.41, 5.74) is 6.29. The lowest BCUT2D eigenvalue weighted by molar-refractivity contribution is 0.103. The van der Waals surface area contributed by atoms with Crippen molar-refractivity contribution in [2.24, 2.45) is 0 Å². The number of benzene rings is 1. The van der Waals surface area contributed by atoms with Crippen LogP contribution in [0.4, 0.5) is 5.82 Å². The number of hydrogen-bond donors (Lipinski definition) is 2. The van der Waals surface area contributed by atoms with E-state index >= 15 is 0 Å². The zero-order valence-electron chi connectivity index (χ0n) is 8.00. The summed E-state index contributed by atoms with van der Waals surface area (Å²) in [6, 6.07) is 4.65. The SMILES string of the molecule is Nc1[nH]ncc1C(=O)c1ccc(Cl)c(Cl)c1. The monoisotopic (exact) mass is 255 g/mol. The molecule has 2 rings (SSSR count). The molecule has 0 amide bonds. The minimum atomic E-state index is -0.246. The standard InChI is InChI=1S/C10H7Cl2N3O/c11-7-2-1-5(3-8(7)12)9(16)6-4-14-15-10(6)13/h1-4H,(H3,13,14,15). The lowest BCUT2D eigenvalue weighted by Crippen LogP contribution is -2.03. The number of H-pyrrole nitrogens is 1. The fraction of sp³-hybridized carbons (Fsp3) is 0. The molecule has 2 aromatic rings. The minimum Gasteiger partial charge on any atom is -0.383 e. The van der Waals surface area contributed by atoms with Crippen LogP contribution < -0.4 is 5.73 Å². The molecule has 1 heterocycles. The number of nitrogens with two attached hydrogens (primary N) is 1. The van der Waals surface area contributed by atoms with Gasteiger partial charge >= 0.3 is 0 Å². The van der Waals surface area contributed by atoms with Crippen molar-refractivity contribution in [2.45, 2.75) is 0 Å². The largest absolute Gasteiger partial charge is 0.383 e. The van der Waals surface area contributed by atoms with Crippen LogP contribution in [0, 0.1) is 0 Å². The van der Waals surface area contributed by atoms with Crippen LogP contribution in [0.2, 0.25) is 10.0 Å². The third-order valence-corrected chi connectivity index (χ3v) is 2.83. The third-order valence-electron chi connectivity index (χ3n) is 2.10. The Morgan fingerprint density at radius 1 is 1.31 bits per heavy atom. The van der Waals surface area contributed by atoms with Gasteiger partial charge in [-0.2, -0.15) is 5.10 Å². The number of ketones is 1. The number of carbonyl (C=O) groups excluding carboxylic acids is 1. The van der Waals surface area contributed by atoms with Crippen LogP contribution >= 0.6 is 23.2 Å². The van der Waals surface area contributed by atoms with Crippen molar-refractivity contribution in [1.29, 1.82) is 0 Å². The van der Waals surface area contributed by atoms with E-state index in [-0.39, 0.29) is 11.6 Å². The highest BCUT2D eigenvalue weighted by molar-refractivity contribution is 6.42. The van der Waals surface area contributed by atoms with Crippen LogP contribution in [0.15, 0.2) is 24.4 Å². The lowest BCUT2D eigenvalue weighted by Gasteiger charge is -2.01. The van der Waals surface area contributed by atoms with Crippen LogP contribution in [0.1, 0.15) is 15.9 Å². The first kappa shape index (κ1) is 11.0. The number of rotatable bonds is 2. The molecule has 1 aromatic heterocycles. The van der Waals surface area contributed by atoms with Crippen LogP contribution in [0.25, 0.3) is 0 Å². The van der Waals surface area contributed by atoms with Gasteiger partial charge < -0.3 is 5.73 Å². The van der Waals surface area contributed by atoms with E-state index in [9.17, 15) is 4.79 Å². The minimum absolute atomic E-state index is 0.232. The molecule has 0 fully saturated rings. The van der Waals surface area contributed by atoms with Crippen LogP contribution in [0.3, 0.4) is 0 Å². The number of nitrogens with zero attached hydrogens (tertiary/aromatic N) is 1. The Hall–Kier alpha value is -1.52. The Morgan fingerprint density at radius 3 is 2.62 bits per heavy atom. The molecule has 0 aliphatic carbocycles. The van der Waals surface area contributed by atoms with Crippen molar-refractivity contribution in [1.82, 2.24) is 10.2 Å². The summed E-state index contributed by atoms with van der Waals surface area (Å²) < 4.78 is 0. The quantitative estimate of drug-likeness (QED) is 0.811. The second-order valence-electron chi connectivity index (χ2n) is 3.16. The van der Waals surface area contributed by atoms with Gasteiger partial charge in [-0.05, 0) is 18.2 Å². The van der Waals surface area contributed by atoms with Crippen LogP contribution in [0.5, 0.6) is 0 Å². The van der Waals surface area contributed by atoms with E-state index in [0.29, 0.717) is 21.2 Å². The maximum absolute atomic E-state index is 12.0. The summed E-state index contributed by atoms with van der Waals surface area (Å²) in [7, 11) is 0. The molecule has 1 aromatic carbocycles. The first-order chi connectivity index (χ1) is 7.59. The highest BCUT2D eigenvalue weighted by Gasteiger charge is 2.14. The molecule has 0 aliphatic rings. The van der Waals surface area contributed by atoms with Crippen LogP contribution in [-0.2, 0) is 0 Å². The molecule has 82 valence electrons. The Morgan fingerprint density at radius 2 is 2.06 bits per heavy atom. The smallest absolute Gasteiger partial charge is 0.198 e. The second kappa shape index (κ2) is 4.15. The van der Waals surface area contributed by atoms with E-state index in [0.717, 1.165) is 0 Å². The van der Waals surface area contributed by atoms with Crippen molar-refractivity contribution in [3.63, 3.8) is 0 Å². The van der Waals surface area contributed by atoms with E-state index < -0.39 is 0 Å². The summed E-state index contributed by atoms with van der Waals surface area (Å²) in [6.07, 6.45) is 1.38. The number of nitrogen functional groups attached to an aromatic ring is 1. The van der Waals surface area contributed by atoms with E-state index in [1.807, 2.05) is 0 Å². The number of aromatic amines is 1. The highest BCUT2D eigenvalue weighted by atomic mass is 35.5. The number of aromatic nitrogens is 2. The summed E-state index contributed by atoms with van der Waals surface area (Å²) in [5.74, 6) is -0.0131. The maximum Gasteiger partial charge on any atom is 0.198 e. The molecule has 0 radical (unpaired) electrons. The molecule has 16 heavy (non-hydrogen) atoms. The first-order valence-corrected chi connectivity index (χ1v) is 5.14. The number of anilines is 1. The Balaban J connectivity index is 2.42. The number of hydrogen-bond acceptors (Lipinski definition) is 3.